The van der Waals surface area contributed by atoms with E-state index in [1.165, 1.54) is 25.1 Å². The first-order valence-electron chi connectivity index (χ1n) is 12.4. The molecule has 0 aliphatic heterocycles. The van der Waals surface area contributed by atoms with Gasteiger partial charge >= 0.3 is 0 Å². The molecule has 2 amide bonds. The van der Waals surface area contributed by atoms with Gasteiger partial charge in [-0.1, -0.05) is 6.07 Å². The fraction of sp³-hybridized carbons (Fsp3) is 0.538. The lowest BCUT2D eigenvalue weighted by molar-refractivity contribution is -0.181. The molecule has 0 spiro atoms. The van der Waals surface area contributed by atoms with Crippen LogP contribution in [0.4, 0.5) is 5.69 Å². The lowest BCUT2D eigenvalue weighted by atomic mass is 9.52. The Morgan fingerprint density at radius 1 is 1.16 bits per heavy atom. The van der Waals surface area contributed by atoms with Crippen LogP contribution in [0, 0.1) is 23.7 Å². The molecular formula is C26H32N4O8. The second-order valence-electron chi connectivity index (χ2n) is 10.9. The fourth-order valence-electron chi connectivity index (χ4n) is 6.27. The lowest BCUT2D eigenvalue weighted by Crippen LogP contribution is -2.74. The third kappa shape index (κ3) is 4.08. The SMILES string of the molecule is CC(C)NC(=O)CNc1ccc2c(c1O)C(=O)C1C(=O)C3(O)C(=O)C(C(N)=O)C(=O)[C@@H](N(C)C)C3CC1C2. The van der Waals surface area contributed by atoms with Crippen LogP contribution in [0.15, 0.2) is 12.1 Å². The molecule has 38 heavy (non-hydrogen) atoms. The van der Waals surface area contributed by atoms with Crippen molar-refractivity contribution >= 4 is 40.6 Å². The van der Waals surface area contributed by atoms with Crippen LogP contribution in [-0.2, 0) is 30.4 Å². The van der Waals surface area contributed by atoms with Gasteiger partial charge in [-0.2, -0.15) is 0 Å². The van der Waals surface area contributed by atoms with Gasteiger partial charge in [0.15, 0.2) is 34.7 Å². The average molecular weight is 529 g/mol. The number of Topliss-reactive ketones (excluding diaryl/α,β-unsaturated/α-hetero) is 4. The Morgan fingerprint density at radius 3 is 2.39 bits per heavy atom. The van der Waals surface area contributed by atoms with Crippen LogP contribution in [0.3, 0.4) is 0 Å². The number of hydrogen-bond acceptors (Lipinski definition) is 10. The van der Waals surface area contributed by atoms with E-state index in [4.69, 9.17) is 5.73 Å². The third-order valence-corrected chi connectivity index (χ3v) is 7.82. The molecule has 1 aromatic carbocycles. The first-order chi connectivity index (χ1) is 17.7. The highest BCUT2D eigenvalue weighted by Crippen LogP contribution is 2.51. The number of anilines is 1. The predicted octanol–water partition coefficient (Wildman–Crippen LogP) is -1.20. The summed E-state index contributed by atoms with van der Waals surface area (Å²) in [5.74, 6) is -11.3. The Kier molecular flexibility index (Phi) is 6.91. The molecule has 0 aromatic heterocycles. The van der Waals surface area contributed by atoms with E-state index in [1.807, 2.05) is 0 Å². The van der Waals surface area contributed by atoms with Crippen molar-refractivity contribution < 1.29 is 39.0 Å². The number of fused-ring (bicyclic) bond motifs is 3. The Labute approximate surface area is 218 Å². The molecule has 0 bridgehead atoms. The Hall–Kier alpha value is -3.64. The summed E-state index contributed by atoms with van der Waals surface area (Å²) in [6, 6.07) is 1.90. The minimum atomic E-state index is -2.77. The number of carbonyl (C=O) groups is 6. The number of hydrogen-bond donors (Lipinski definition) is 5. The van der Waals surface area contributed by atoms with E-state index in [0.29, 0.717) is 5.56 Å². The summed E-state index contributed by atoms with van der Waals surface area (Å²) >= 11 is 0. The van der Waals surface area contributed by atoms with Crippen LogP contribution in [0.2, 0.25) is 0 Å². The van der Waals surface area contributed by atoms with E-state index >= 15 is 0 Å². The van der Waals surface area contributed by atoms with Crippen LogP contribution >= 0.6 is 0 Å². The van der Waals surface area contributed by atoms with E-state index < -0.39 is 70.1 Å². The highest BCUT2D eigenvalue weighted by atomic mass is 16.3. The standard InChI is InChI=1S/C26H32N4O8/c1-10(2)29-15(31)9-28-14-6-5-11-7-12-8-13-19(30(3)4)22(34)18(25(27)37)24(36)26(13,38)23(35)17(12)21(33)16(11)20(14)32/h5-6,10,12-13,17-19,28,32,38H,7-9H2,1-4H3,(H2,27,37)(H,29,31)/t12?,13?,17?,18?,19-,26?/m0/s1. The van der Waals surface area contributed by atoms with Crippen LogP contribution in [-0.4, -0.2) is 88.4 Å². The number of aromatic hydroxyl groups is 1. The Balaban J connectivity index is 1.72. The normalized spacial score (nSPS) is 30.6. The van der Waals surface area contributed by atoms with Crippen LogP contribution in [0.25, 0.3) is 0 Å². The smallest absolute Gasteiger partial charge is 0.239 e. The summed E-state index contributed by atoms with van der Waals surface area (Å²) < 4.78 is 0. The molecule has 2 fully saturated rings. The van der Waals surface area contributed by atoms with Gasteiger partial charge in [-0.05, 0) is 58.3 Å². The van der Waals surface area contributed by atoms with E-state index in [9.17, 15) is 39.0 Å². The van der Waals surface area contributed by atoms with Gasteiger partial charge in [-0.3, -0.25) is 33.7 Å². The zero-order valence-corrected chi connectivity index (χ0v) is 21.6. The third-order valence-electron chi connectivity index (χ3n) is 7.82. The van der Waals surface area contributed by atoms with Gasteiger partial charge in [0, 0.05) is 12.0 Å². The van der Waals surface area contributed by atoms with Gasteiger partial charge < -0.3 is 26.6 Å². The fourth-order valence-corrected chi connectivity index (χ4v) is 6.27. The number of benzene rings is 1. The van der Waals surface area contributed by atoms with Crippen LogP contribution in [0.5, 0.6) is 5.75 Å². The number of phenolic OH excluding ortho intramolecular Hbond substituents is 1. The van der Waals surface area contributed by atoms with Gasteiger partial charge in [-0.25, -0.2) is 0 Å². The molecule has 6 N–H and O–H groups in total. The van der Waals surface area contributed by atoms with Crippen molar-refractivity contribution in [2.75, 3.05) is 26.0 Å². The van der Waals surface area contributed by atoms with Gasteiger partial charge in [0.2, 0.25) is 11.8 Å². The molecule has 6 atom stereocenters. The molecule has 0 radical (unpaired) electrons. The van der Waals surface area contributed by atoms with Crippen molar-refractivity contribution in [3.05, 3.63) is 23.3 Å². The maximum Gasteiger partial charge on any atom is 0.239 e. The summed E-state index contributed by atoms with van der Waals surface area (Å²) in [6.45, 7) is 3.42. The Bertz CT molecular complexity index is 1260. The maximum absolute atomic E-state index is 13.8. The number of carbonyl (C=O) groups excluding carboxylic acids is 6. The summed E-state index contributed by atoms with van der Waals surface area (Å²) in [6.07, 6.45) is 0.160. The minimum absolute atomic E-state index is 0.0139. The molecule has 204 valence electrons. The molecule has 3 aliphatic carbocycles. The van der Waals surface area contributed by atoms with E-state index in [0.717, 1.165) is 0 Å². The van der Waals surface area contributed by atoms with Crippen molar-refractivity contribution in [3.63, 3.8) is 0 Å². The Morgan fingerprint density at radius 2 is 1.82 bits per heavy atom. The number of ketones is 4. The maximum atomic E-state index is 13.8. The zero-order valence-electron chi connectivity index (χ0n) is 21.6. The van der Waals surface area contributed by atoms with E-state index in [2.05, 4.69) is 10.6 Å². The summed E-state index contributed by atoms with van der Waals surface area (Å²) in [5, 5.41) is 28.0. The quantitative estimate of drug-likeness (QED) is 0.221. The first-order valence-corrected chi connectivity index (χ1v) is 12.4. The molecule has 0 heterocycles. The van der Waals surface area contributed by atoms with Crippen LogP contribution < -0.4 is 16.4 Å². The number of aliphatic hydroxyl groups is 1. The number of phenols is 1. The molecule has 4 rings (SSSR count). The van der Waals surface area contributed by atoms with E-state index in [1.54, 1.807) is 19.9 Å². The number of nitrogens with two attached hydrogens (primary N) is 1. The van der Waals surface area contributed by atoms with Crippen molar-refractivity contribution in [3.8, 4) is 5.75 Å². The monoisotopic (exact) mass is 528 g/mol. The lowest BCUT2D eigenvalue weighted by Gasteiger charge is -2.52. The molecule has 1 aromatic rings. The van der Waals surface area contributed by atoms with Gasteiger partial charge in [-0.15, -0.1) is 0 Å². The average Bonchev–Trinajstić information content (AvgIpc) is 2.80. The van der Waals surface area contributed by atoms with Gasteiger partial charge in [0.25, 0.3) is 0 Å². The van der Waals surface area contributed by atoms with Crippen molar-refractivity contribution in [1.29, 1.82) is 0 Å². The summed E-state index contributed by atoms with van der Waals surface area (Å²) in [7, 11) is 3.06. The highest BCUT2D eigenvalue weighted by Gasteiger charge is 2.69. The largest absolute Gasteiger partial charge is 0.505 e. The van der Waals surface area contributed by atoms with Gasteiger partial charge in [0.05, 0.1) is 29.8 Å². The van der Waals surface area contributed by atoms with E-state index in [-0.39, 0.29) is 42.6 Å². The first kappa shape index (κ1) is 27.4. The summed E-state index contributed by atoms with van der Waals surface area (Å²) in [5.41, 5.74) is 2.99. The molecular weight excluding hydrogens is 496 g/mol. The second-order valence-corrected chi connectivity index (χ2v) is 10.9. The van der Waals surface area contributed by atoms with Crippen molar-refractivity contribution in [1.82, 2.24) is 10.2 Å². The van der Waals surface area contributed by atoms with Crippen molar-refractivity contribution in [2.24, 2.45) is 29.4 Å². The number of rotatable bonds is 6. The van der Waals surface area contributed by atoms with Crippen molar-refractivity contribution in [2.45, 2.75) is 44.4 Å². The second kappa shape index (κ2) is 9.59. The molecule has 3 aliphatic rings. The number of primary amides is 1. The number of nitrogens with one attached hydrogen (secondary N) is 2. The molecule has 12 nitrogen and oxygen atoms in total. The zero-order chi connectivity index (χ0) is 28.3. The van der Waals surface area contributed by atoms with Crippen LogP contribution in [0.1, 0.15) is 36.2 Å². The number of amides is 2. The minimum Gasteiger partial charge on any atom is -0.505 e. The topological polar surface area (TPSA) is 196 Å². The highest BCUT2D eigenvalue weighted by molar-refractivity contribution is 6.32. The molecule has 0 saturated heterocycles. The molecule has 5 unspecified atom stereocenters. The van der Waals surface area contributed by atoms with Gasteiger partial charge in [0.1, 0.15) is 5.75 Å². The molecule has 2 saturated carbocycles. The molecule has 12 heteroatoms. The predicted molar refractivity (Wildman–Crippen MR) is 133 cm³/mol. The number of nitrogens with zero attached hydrogens (tertiary/aromatic N) is 1. The number of likely N-dealkylation sites (N-methyl/N-ethyl adjacent to an activating group) is 1. The summed E-state index contributed by atoms with van der Waals surface area (Å²) in [4.78, 5) is 79.3.